The lowest BCUT2D eigenvalue weighted by Gasteiger charge is -2.17. The first kappa shape index (κ1) is 24.5. The number of rotatable bonds is 11. The highest BCUT2D eigenvalue weighted by Gasteiger charge is 2.09. The molecular weight excluding hydrogens is 416 g/mol. The Bertz CT molecular complexity index is 946. The topological polar surface area (TPSA) is 102 Å². The monoisotopic (exact) mass is 448 g/mol. The fourth-order valence-electron chi connectivity index (χ4n) is 2.68. The molecule has 0 bridgehead atoms. The predicted molar refractivity (Wildman–Crippen MR) is 124 cm³/mol. The van der Waals surface area contributed by atoms with E-state index in [1.807, 2.05) is 57.2 Å². The summed E-state index contributed by atoms with van der Waals surface area (Å²) in [6.07, 6.45) is 3.44. The number of nitrogens with one attached hydrogen (secondary N) is 2. The summed E-state index contributed by atoms with van der Waals surface area (Å²) in [5.41, 5.74) is 0.942. The van der Waals surface area contributed by atoms with Crippen LogP contribution in [0.4, 0.5) is 0 Å². The summed E-state index contributed by atoms with van der Waals surface area (Å²) < 4.78 is 34.0. The maximum atomic E-state index is 11.4. The Morgan fingerprint density at radius 2 is 1.87 bits per heavy atom. The molecule has 9 heteroatoms. The molecule has 1 aromatic heterocycles. The molecule has 0 amide bonds. The van der Waals surface area contributed by atoms with Crippen molar-refractivity contribution in [2.75, 3.05) is 25.2 Å². The van der Waals surface area contributed by atoms with Gasteiger partial charge in [0.05, 0.1) is 18.9 Å². The predicted octanol–water partition coefficient (Wildman–Crippen LogP) is 3.15. The fourth-order valence-corrected chi connectivity index (χ4v) is 3.46. The van der Waals surface area contributed by atoms with E-state index in [4.69, 9.17) is 9.47 Å². The number of benzene rings is 1. The zero-order chi connectivity index (χ0) is 22.7. The molecule has 0 saturated carbocycles. The molecule has 2 aromatic rings. The van der Waals surface area contributed by atoms with Crippen molar-refractivity contribution in [3.05, 3.63) is 48.2 Å². The van der Waals surface area contributed by atoms with Crippen LogP contribution >= 0.6 is 0 Å². The Kier molecular flexibility index (Phi) is 9.58. The summed E-state index contributed by atoms with van der Waals surface area (Å²) in [6, 6.07) is 11.1. The van der Waals surface area contributed by atoms with Crippen LogP contribution in [-0.2, 0) is 16.4 Å². The molecule has 8 nitrogen and oxygen atoms in total. The van der Waals surface area contributed by atoms with E-state index < -0.39 is 9.84 Å². The van der Waals surface area contributed by atoms with Crippen molar-refractivity contribution in [2.24, 2.45) is 4.99 Å². The maximum absolute atomic E-state index is 11.4. The first-order valence-corrected chi connectivity index (χ1v) is 12.4. The molecule has 0 aliphatic carbocycles. The van der Waals surface area contributed by atoms with Crippen LogP contribution in [0.15, 0.2) is 47.6 Å². The van der Waals surface area contributed by atoms with Gasteiger partial charge in [-0.05, 0) is 63.1 Å². The van der Waals surface area contributed by atoms with Gasteiger partial charge in [-0.3, -0.25) is 0 Å². The summed E-state index contributed by atoms with van der Waals surface area (Å²) in [6.45, 7) is 7.60. The van der Waals surface area contributed by atoms with Crippen molar-refractivity contribution < 1.29 is 17.9 Å². The lowest BCUT2D eigenvalue weighted by atomic mass is 10.2. The first-order valence-electron chi connectivity index (χ1n) is 10.4. The van der Waals surface area contributed by atoms with Gasteiger partial charge < -0.3 is 20.1 Å². The largest absolute Gasteiger partial charge is 0.494 e. The minimum atomic E-state index is -2.99. The van der Waals surface area contributed by atoms with Crippen LogP contribution in [0.2, 0.25) is 0 Å². The van der Waals surface area contributed by atoms with Gasteiger partial charge in [0.25, 0.3) is 0 Å². The van der Waals surface area contributed by atoms with Gasteiger partial charge in [-0.25, -0.2) is 18.4 Å². The highest BCUT2D eigenvalue weighted by Crippen LogP contribution is 2.23. The van der Waals surface area contributed by atoms with Crippen molar-refractivity contribution in [3.63, 3.8) is 0 Å². The Hall–Kier alpha value is -2.81. The first-order chi connectivity index (χ1) is 14.8. The Labute approximate surface area is 185 Å². The number of ether oxygens (including phenoxy) is 2. The van der Waals surface area contributed by atoms with Crippen molar-refractivity contribution in [3.8, 4) is 17.4 Å². The highest BCUT2D eigenvalue weighted by atomic mass is 32.2. The van der Waals surface area contributed by atoms with Crippen LogP contribution in [0.5, 0.6) is 17.4 Å². The van der Waals surface area contributed by atoms with E-state index in [0.717, 1.165) is 11.3 Å². The molecule has 0 saturated heterocycles. The van der Waals surface area contributed by atoms with Gasteiger partial charge >= 0.3 is 0 Å². The van der Waals surface area contributed by atoms with E-state index >= 15 is 0 Å². The SMILES string of the molecule is CCNC(=NCc1ccnc(Oc2ccc(OCC)cc2)c1)NC(C)CCS(C)(=O)=O. The van der Waals surface area contributed by atoms with Gasteiger partial charge in [0.15, 0.2) is 5.96 Å². The van der Waals surface area contributed by atoms with Crippen LogP contribution in [0.25, 0.3) is 0 Å². The summed E-state index contributed by atoms with van der Waals surface area (Å²) >= 11 is 0. The number of hydrogen-bond donors (Lipinski definition) is 2. The average Bonchev–Trinajstić information content (AvgIpc) is 2.72. The molecule has 0 spiro atoms. The van der Waals surface area contributed by atoms with Crippen LogP contribution in [0, 0.1) is 0 Å². The number of hydrogen-bond acceptors (Lipinski definition) is 6. The molecule has 0 aliphatic heterocycles. The summed E-state index contributed by atoms with van der Waals surface area (Å²) in [4.78, 5) is 8.86. The van der Waals surface area contributed by atoms with Gasteiger partial charge in [0.1, 0.15) is 21.3 Å². The van der Waals surface area contributed by atoms with Gasteiger partial charge in [-0.2, -0.15) is 0 Å². The van der Waals surface area contributed by atoms with Crippen LogP contribution in [-0.4, -0.2) is 50.6 Å². The second kappa shape index (κ2) is 12.1. The third-order valence-electron chi connectivity index (χ3n) is 4.23. The second-order valence-corrected chi connectivity index (χ2v) is 9.43. The molecule has 0 fully saturated rings. The van der Waals surface area contributed by atoms with Crippen LogP contribution in [0.1, 0.15) is 32.8 Å². The lowest BCUT2D eigenvalue weighted by Crippen LogP contribution is -2.42. The summed E-state index contributed by atoms with van der Waals surface area (Å²) in [7, 11) is -2.99. The molecule has 31 heavy (non-hydrogen) atoms. The van der Waals surface area contributed by atoms with Crippen molar-refractivity contribution in [1.82, 2.24) is 15.6 Å². The van der Waals surface area contributed by atoms with E-state index in [1.54, 1.807) is 6.20 Å². The van der Waals surface area contributed by atoms with Crippen LogP contribution in [0.3, 0.4) is 0 Å². The van der Waals surface area contributed by atoms with Crippen molar-refractivity contribution in [1.29, 1.82) is 0 Å². The minimum Gasteiger partial charge on any atom is -0.494 e. The molecule has 170 valence electrons. The normalized spacial score (nSPS) is 12.8. The molecular formula is C22H32N4O4S. The summed E-state index contributed by atoms with van der Waals surface area (Å²) in [5.74, 6) is 2.72. The Balaban J connectivity index is 1.99. The number of nitrogens with zero attached hydrogens (tertiary/aromatic N) is 2. The molecule has 1 atom stereocenters. The molecule has 0 radical (unpaired) electrons. The summed E-state index contributed by atoms with van der Waals surface area (Å²) in [5, 5.41) is 6.43. The molecule has 2 N–H and O–H groups in total. The lowest BCUT2D eigenvalue weighted by molar-refractivity contribution is 0.339. The van der Waals surface area contributed by atoms with Gasteiger partial charge in [-0.1, -0.05) is 0 Å². The fraction of sp³-hybridized carbons (Fsp3) is 0.455. The highest BCUT2D eigenvalue weighted by molar-refractivity contribution is 7.90. The zero-order valence-corrected chi connectivity index (χ0v) is 19.4. The molecule has 0 aliphatic rings. The van der Waals surface area contributed by atoms with E-state index in [9.17, 15) is 8.42 Å². The number of aromatic nitrogens is 1. The van der Waals surface area contributed by atoms with Crippen molar-refractivity contribution in [2.45, 2.75) is 39.8 Å². The van der Waals surface area contributed by atoms with Gasteiger partial charge in [0.2, 0.25) is 5.88 Å². The van der Waals surface area contributed by atoms with Gasteiger partial charge in [0, 0.05) is 31.1 Å². The molecule has 2 rings (SSSR count). The molecule has 1 heterocycles. The Morgan fingerprint density at radius 3 is 2.52 bits per heavy atom. The number of pyridine rings is 1. The van der Waals surface area contributed by atoms with E-state index in [2.05, 4.69) is 20.6 Å². The number of guanidine groups is 1. The van der Waals surface area contributed by atoms with Crippen molar-refractivity contribution >= 4 is 15.8 Å². The van der Waals surface area contributed by atoms with Gasteiger partial charge in [-0.15, -0.1) is 0 Å². The average molecular weight is 449 g/mol. The van der Waals surface area contributed by atoms with E-state index in [0.29, 0.717) is 43.7 Å². The third kappa shape index (κ3) is 9.69. The zero-order valence-electron chi connectivity index (χ0n) is 18.6. The third-order valence-corrected chi connectivity index (χ3v) is 5.20. The van der Waals surface area contributed by atoms with E-state index in [-0.39, 0.29) is 11.8 Å². The quantitative estimate of drug-likeness (QED) is 0.402. The number of sulfone groups is 1. The Morgan fingerprint density at radius 1 is 1.16 bits per heavy atom. The smallest absolute Gasteiger partial charge is 0.219 e. The minimum absolute atomic E-state index is 0.0245. The molecule has 1 unspecified atom stereocenters. The molecule has 1 aromatic carbocycles. The number of aliphatic imine (C=N–C) groups is 1. The maximum Gasteiger partial charge on any atom is 0.219 e. The van der Waals surface area contributed by atoms with E-state index in [1.165, 1.54) is 6.26 Å². The standard InChI is InChI=1S/C22H32N4O4S/c1-5-23-22(26-17(3)12-14-31(4,27)28)25-16-18-11-13-24-21(15-18)30-20-9-7-19(8-10-20)29-6-2/h7-11,13,15,17H,5-6,12,14,16H2,1-4H3,(H2,23,25,26). The van der Waals surface area contributed by atoms with Crippen LogP contribution < -0.4 is 20.1 Å². The second-order valence-electron chi connectivity index (χ2n) is 7.17.